The Bertz CT molecular complexity index is 1130. The van der Waals surface area contributed by atoms with Gasteiger partial charge in [-0.05, 0) is 54.8 Å². The van der Waals surface area contributed by atoms with Gasteiger partial charge in [-0.1, -0.05) is 17.8 Å². The fourth-order valence-electron chi connectivity index (χ4n) is 4.02. The van der Waals surface area contributed by atoms with Crippen LogP contribution in [0.2, 0.25) is 0 Å². The minimum atomic E-state index is -4.56. The molecule has 1 saturated heterocycles. The van der Waals surface area contributed by atoms with Gasteiger partial charge in [0.2, 0.25) is 11.8 Å². The van der Waals surface area contributed by atoms with E-state index >= 15 is 0 Å². The summed E-state index contributed by atoms with van der Waals surface area (Å²) in [6, 6.07) is 9.05. The smallest absolute Gasteiger partial charge is 0.417 e. The van der Waals surface area contributed by atoms with Crippen molar-refractivity contribution < 1.29 is 32.2 Å². The first-order valence-electron chi connectivity index (χ1n) is 11.2. The second kappa shape index (κ2) is 10.6. The third kappa shape index (κ3) is 6.11. The second-order valence-electron chi connectivity index (χ2n) is 8.21. The van der Waals surface area contributed by atoms with Crippen molar-refractivity contribution in [2.75, 3.05) is 33.4 Å². The van der Waals surface area contributed by atoms with Crippen molar-refractivity contribution in [3.05, 3.63) is 53.6 Å². The molecule has 0 radical (unpaired) electrons. The molecule has 186 valence electrons. The fraction of sp³-hybridized carbons (Fsp3) is 0.360. The summed E-state index contributed by atoms with van der Waals surface area (Å²) in [5.41, 5.74) is -0.504. The number of halogens is 3. The van der Waals surface area contributed by atoms with Crippen LogP contribution < -0.4 is 14.8 Å². The van der Waals surface area contributed by atoms with Crippen molar-refractivity contribution >= 4 is 29.7 Å². The average molecular weight is 507 g/mol. The molecule has 0 aliphatic carbocycles. The number of ether oxygens (including phenoxy) is 2. The lowest BCUT2D eigenvalue weighted by atomic mass is 9.96. The molecule has 2 aliphatic rings. The number of carbonyl (C=O) groups excluding carboxylic acids is 2. The summed E-state index contributed by atoms with van der Waals surface area (Å²) in [5.74, 6) is 0.624. The predicted octanol–water partition coefficient (Wildman–Crippen LogP) is 4.63. The number of piperidine rings is 1. The molecule has 0 spiro atoms. The van der Waals surface area contributed by atoms with Crippen molar-refractivity contribution in [3.63, 3.8) is 0 Å². The van der Waals surface area contributed by atoms with Gasteiger partial charge in [-0.3, -0.25) is 9.59 Å². The van der Waals surface area contributed by atoms with Crippen LogP contribution in [0.3, 0.4) is 0 Å². The molecular formula is C25H25F3N2O4S. The van der Waals surface area contributed by atoms with Gasteiger partial charge in [0, 0.05) is 41.9 Å². The zero-order valence-corrected chi connectivity index (χ0v) is 19.9. The lowest BCUT2D eigenvalue weighted by Crippen LogP contribution is -2.41. The van der Waals surface area contributed by atoms with E-state index in [1.165, 1.54) is 18.2 Å². The van der Waals surface area contributed by atoms with Crippen LogP contribution in [-0.2, 0) is 15.8 Å². The van der Waals surface area contributed by atoms with Gasteiger partial charge in [-0.2, -0.15) is 13.2 Å². The summed E-state index contributed by atoms with van der Waals surface area (Å²) in [4.78, 5) is 26.5. The number of rotatable bonds is 5. The topological polar surface area (TPSA) is 67.9 Å². The Kier molecular flexibility index (Phi) is 7.59. The maximum Gasteiger partial charge on any atom is 0.417 e. The lowest BCUT2D eigenvalue weighted by molar-refractivity contribution is -0.139. The minimum absolute atomic E-state index is 0.0403. The van der Waals surface area contributed by atoms with E-state index in [-0.39, 0.29) is 28.2 Å². The highest BCUT2D eigenvalue weighted by molar-refractivity contribution is 7.99. The number of hydrogen-bond acceptors (Lipinski definition) is 5. The fourth-order valence-corrected chi connectivity index (χ4v) is 4.99. The van der Waals surface area contributed by atoms with E-state index in [1.807, 2.05) is 0 Å². The van der Waals surface area contributed by atoms with Gasteiger partial charge in [0.25, 0.3) is 0 Å². The van der Waals surface area contributed by atoms with E-state index in [9.17, 15) is 22.8 Å². The van der Waals surface area contributed by atoms with Gasteiger partial charge in [0.15, 0.2) is 11.5 Å². The summed E-state index contributed by atoms with van der Waals surface area (Å²) in [7, 11) is 1.58. The highest BCUT2D eigenvalue weighted by atomic mass is 32.2. The third-order valence-electron chi connectivity index (χ3n) is 5.89. The number of likely N-dealkylation sites (tertiary alicyclic amines) is 1. The quantitative estimate of drug-likeness (QED) is 0.600. The van der Waals surface area contributed by atoms with Gasteiger partial charge in [-0.15, -0.1) is 0 Å². The molecular weight excluding hydrogens is 481 g/mol. The number of carbonyl (C=O) groups is 2. The Morgan fingerprint density at radius 1 is 1.06 bits per heavy atom. The molecule has 0 bridgehead atoms. The summed E-state index contributed by atoms with van der Waals surface area (Å²) in [6.45, 7) is 1.69. The first-order chi connectivity index (χ1) is 16.7. The van der Waals surface area contributed by atoms with Crippen molar-refractivity contribution in [1.82, 2.24) is 10.2 Å². The first-order valence-corrected chi connectivity index (χ1v) is 12.0. The van der Waals surface area contributed by atoms with Crippen molar-refractivity contribution in [3.8, 4) is 11.5 Å². The van der Waals surface area contributed by atoms with E-state index in [2.05, 4.69) is 5.32 Å². The summed E-state index contributed by atoms with van der Waals surface area (Å²) in [6.07, 6.45) is -0.775. The molecule has 1 N–H and O–H groups in total. The molecule has 2 heterocycles. The van der Waals surface area contributed by atoms with E-state index in [1.54, 1.807) is 36.2 Å². The monoisotopic (exact) mass is 506 g/mol. The van der Waals surface area contributed by atoms with E-state index in [4.69, 9.17) is 9.47 Å². The van der Waals surface area contributed by atoms with Crippen LogP contribution in [-0.4, -0.2) is 50.1 Å². The molecule has 4 rings (SSSR count). The predicted molar refractivity (Wildman–Crippen MR) is 125 cm³/mol. The maximum atomic E-state index is 13.8. The molecule has 0 atom stereocenters. The van der Waals surface area contributed by atoms with Gasteiger partial charge in [0.05, 0.1) is 5.56 Å². The van der Waals surface area contributed by atoms with Gasteiger partial charge < -0.3 is 19.7 Å². The van der Waals surface area contributed by atoms with Crippen LogP contribution in [0.5, 0.6) is 11.5 Å². The van der Waals surface area contributed by atoms with E-state index in [0.717, 1.165) is 17.8 Å². The maximum absolute atomic E-state index is 13.8. The molecule has 35 heavy (non-hydrogen) atoms. The zero-order chi connectivity index (χ0) is 25.0. The Hall–Kier alpha value is -3.14. The molecule has 2 amide bonds. The molecule has 2 aromatic rings. The highest BCUT2D eigenvalue weighted by Crippen LogP contribution is 2.42. The number of alkyl halides is 3. The number of amides is 2. The molecule has 0 aromatic heterocycles. The normalized spacial score (nSPS) is 16.4. The third-order valence-corrected chi connectivity index (χ3v) is 6.96. The van der Waals surface area contributed by atoms with Crippen LogP contribution in [0.25, 0.3) is 6.08 Å². The molecule has 2 aromatic carbocycles. The Balaban J connectivity index is 1.46. The summed E-state index contributed by atoms with van der Waals surface area (Å²) < 4.78 is 52.5. The number of fused-ring (bicyclic) bond motifs is 1. The summed E-state index contributed by atoms with van der Waals surface area (Å²) >= 11 is 0.987. The van der Waals surface area contributed by atoms with Crippen LogP contribution in [0.15, 0.2) is 52.3 Å². The zero-order valence-electron chi connectivity index (χ0n) is 19.1. The van der Waals surface area contributed by atoms with Gasteiger partial charge >= 0.3 is 6.18 Å². The number of nitrogens with one attached hydrogen (secondary N) is 1. The molecule has 1 fully saturated rings. The lowest BCUT2D eigenvalue weighted by Gasteiger charge is -2.30. The van der Waals surface area contributed by atoms with E-state index < -0.39 is 11.7 Å². The van der Waals surface area contributed by atoms with Crippen molar-refractivity contribution in [2.45, 2.75) is 28.8 Å². The van der Waals surface area contributed by atoms with Crippen molar-refractivity contribution in [1.29, 1.82) is 0 Å². The molecule has 10 heteroatoms. The van der Waals surface area contributed by atoms with Crippen molar-refractivity contribution in [2.24, 2.45) is 5.92 Å². The minimum Gasteiger partial charge on any atom is -0.486 e. The van der Waals surface area contributed by atoms with Crippen LogP contribution >= 0.6 is 11.8 Å². The molecule has 0 saturated carbocycles. The average Bonchev–Trinajstić information content (AvgIpc) is 2.86. The standard InChI is InChI=1S/C25H25F3N2O4S/c1-29-24(32)17-8-10-30(11-9-17)23(31)7-3-16-2-6-22(19(14-16)25(26,27)28)35-18-4-5-20-21(15-18)34-13-12-33-20/h2-7,14-15,17H,8-13H2,1H3,(H,29,32). The van der Waals surface area contributed by atoms with Crippen LogP contribution in [0, 0.1) is 5.92 Å². The largest absolute Gasteiger partial charge is 0.486 e. The van der Waals surface area contributed by atoms with Crippen LogP contribution in [0.1, 0.15) is 24.0 Å². The summed E-state index contributed by atoms with van der Waals surface area (Å²) in [5, 5.41) is 2.61. The number of hydrogen-bond donors (Lipinski definition) is 1. The van der Waals surface area contributed by atoms with Gasteiger partial charge in [0.1, 0.15) is 13.2 Å². The van der Waals surface area contributed by atoms with E-state index in [0.29, 0.717) is 55.5 Å². The first kappa shape index (κ1) is 25.0. The Morgan fingerprint density at radius 2 is 1.77 bits per heavy atom. The van der Waals surface area contributed by atoms with Gasteiger partial charge in [-0.25, -0.2) is 0 Å². The van der Waals surface area contributed by atoms with Crippen LogP contribution in [0.4, 0.5) is 13.2 Å². The Morgan fingerprint density at radius 3 is 2.46 bits per heavy atom. The Labute approximate surface area is 205 Å². The number of benzene rings is 2. The highest BCUT2D eigenvalue weighted by Gasteiger charge is 2.34. The molecule has 0 unspecified atom stereocenters. The SMILES string of the molecule is CNC(=O)C1CCN(C(=O)C=Cc2ccc(Sc3ccc4c(c3)OCCO4)c(C(F)(F)F)c2)CC1. The number of nitrogens with zero attached hydrogens (tertiary/aromatic N) is 1. The molecule has 6 nitrogen and oxygen atoms in total. The second-order valence-corrected chi connectivity index (χ2v) is 9.32. The molecule has 2 aliphatic heterocycles.